The van der Waals surface area contributed by atoms with Crippen molar-refractivity contribution >= 4 is 23.5 Å². The molecule has 1 aliphatic heterocycles. The van der Waals surface area contributed by atoms with E-state index < -0.39 is 12.0 Å². The first-order valence-corrected chi connectivity index (χ1v) is 9.03. The van der Waals surface area contributed by atoms with Gasteiger partial charge in [-0.3, -0.25) is 9.59 Å². The van der Waals surface area contributed by atoms with Gasteiger partial charge < -0.3 is 15.3 Å². The van der Waals surface area contributed by atoms with Crippen molar-refractivity contribution in [3.8, 4) is 0 Å². The number of carboxylic acids is 1. The fourth-order valence-corrected chi connectivity index (χ4v) is 3.34. The number of aromatic carboxylic acids is 1. The zero-order valence-corrected chi connectivity index (χ0v) is 14.9. The molecule has 2 N–H and O–H groups in total. The number of amides is 2. The molecule has 6 nitrogen and oxygen atoms in total. The van der Waals surface area contributed by atoms with Crippen molar-refractivity contribution in [1.29, 1.82) is 0 Å². The number of hydrogen-bond acceptors (Lipinski definition) is 3. The van der Waals surface area contributed by atoms with Gasteiger partial charge in [-0.15, -0.1) is 0 Å². The third-order valence-corrected chi connectivity index (χ3v) is 4.71. The van der Waals surface area contributed by atoms with E-state index >= 15 is 0 Å². The molecule has 3 rings (SSSR count). The smallest absolute Gasteiger partial charge is 0.335 e. The molecule has 2 aromatic rings. The lowest BCUT2D eigenvalue weighted by Gasteiger charge is -2.32. The van der Waals surface area contributed by atoms with E-state index in [2.05, 4.69) is 5.32 Å². The van der Waals surface area contributed by atoms with Crippen LogP contribution in [0.15, 0.2) is 54.6 Å². The molecule has 0 aliphatic carbocycles. The molecule has 1 fully saturated rings. The molecule has 0 radical (unpaired) electrons. The Labute approximate surface area is 157 Å². The van der Waals surface area contributed by atoms with Crippen LogP contribution in [0, 0.1) is 0 Å². The second-order valence-corrected chi connectivity index (χ2v) is 6.55. The molecule has 0 aromatic heterocycles. The van der Waals surface area contributed by atoms with Crippen molar-refractivity contribution in [2.24, 2.45) is 0 Å². The van der Waals surface area contributed by atoms with Crippen LogP contribution in [0.25, 0.3) is 0 Å². The van der Waals surface area contributed by atoms with Gasteiger partial charge in [0.25, 0.3) is 0 Å². The first kappa shape index (κ1) is 18.6. The van der Waals surface area contributed by atoms with Crippen LogP contribution in [-0.4, -0.2) is 35.5 Å². The van der Waals surface area contributed by atoms with Gasteiger partial charge in [-0.2, -0.15) is 0 Å². The highest BCUT2D eigenvalue weighted by Gasteiger charge is 2.30. The van der Waals surface area contributed by atoms with Crippen molar-refractivity contribution in [2.75, 3.05) is 11.4 Å². The number of rotatable bonds is 6. The van der Waals surface area contributed by atoms with E-state index in [1.807, 2.05) is 30.3 Å². The monoisotopic (exact) mass is 366 g/mol. The van der Waals surface area contributed by atoms with Gasteiger partial charge in [-0.1, -0.05) is 36.4 Å². The summed E-state index contributed by atoms with van der Waals surface area (Å²) >= 11 is 0. The van der Waals surface area contributed by atoms with Crippen molar-refractivity contribution in [3.05, 3.63) is 65.7 Å². The lowest BCUT2D eigenvalue weighted by molar-refractivity contribution is -0.128. The summed E-state index contributed by atoms with van der Waals surface area (Å²) in [4.78, 5) is 38.0. The Morgan fingerprint density at radius 3 is 2.52 bits per heavy atom. The predicted octanol–water partition coefficient (Wildman–Crippen LogP) is 2.63. The van der Waals surface area contributed by atoms with Crippen LogP contribution in [-0.2, 0) is 16.0 Å². The maximum atomic E-state index is 12.7. The standard InChI is InChI=1S/C21H22N2O4/c24-19(13-12-15-7-4-5-10-17(15)21(26)27)22-18-11-6-14-23(20(18)25)16-8-2-1-3-9-16/h1-5,7-10,18H,6,11-14H2,(H,22,24)(H,26,27). The molecule has 1 saturated heterocycles. The van der Waals surface area contributed by atoms with Gasteiger partial charge in [0.15, 0.2) is 0 Å². The van der Waals surface area contributed by atoms with Crippen LogP contribution in [0.4, 0.5) is 5.69 Å². The van der Waals surface area contributed by atoms with Gasteiger partial charge in [0, 0.05) is 18.7 Å². The molecule has 1 aliphatic rings. The molecule has 1 heterocycles. The second kappa shape index (κ2) is 8.49. The lowest BCUT2D eigenvalue weighted by atomic mass is 10.0. The minimum Gasteiger partial charge on any atom is -0.478 e. The molecule has 27 heavy (non-hydrogen) atoms. The lowest BCUT2D eigenvalue weighted by Crippen LogP contribution is -2.52. The van der Waals surface area contributed by atoms with E-state index in [0.29, 0.717) is 24.9 Å². The highest BCUT2D eigenvalue weighted by Crippen LogP contribution is 2.21. The summed E-state index contributed by atoms with van der Waals surface area (Å²) in [6.07, 6.45) is 1.88. The molecular weight excluding hydrogens is 344 g/mol. The highest BCUT2D eigenvalue weighted by molar-refractivity contribution is 6.00. The number of carbonyl (C=O) groups excluding carboxylic acids is 2. The number of carbonyl (C=O) groups is 3. The number of hydrogen-bond donors (Lipinski definition) is 2. The SMILES string of the molecule is O=C(CCc1ccccc1C(=O)O)NC1CCCN(c2ccccc2)C1=O. The van der Waals surface area contributed by atoms with Crippen molar-refractivity contribution < 1.29 is 19.5 Å². The van der Waals surface area contributed by atoms with Crippen LogP contribution in [0.3, 0.4) is 0 Å². The fraction of sp³-hybridized carbons (Fsp3) is 0.286. The number of piperidine rings is 1. The zero-order valence-electron chi connectivity index (χ0n) is 14.9. The van der Waals surface area contributed by atoms with Crippen molar-refractivity contribution in [2.45, 2.75) is 31.7 Å². The molecular formula is C21H22N2O4. The van der Waals surface area contributed by atoms with Gasteiger partial charge >= 0.3 is 5.97 Å². The number of nitrogens with zero attached hydrogens (tertiary/aromatic N) is 1. The maximum Gasteiger partial charge on any atom is 0.335 e. The Balaban J connectivity index is 1.59. The van der Waals surface area contributed by atoms with Crippen molar-refractivity contribution in [3.63, 3.8) is 0 Å². The van der Waals surface area contributed by atoms with Crippen LogP contribution >= 0.6 is 0 Å². The highest BCUT2D eigenvalue weighted by atomic mass is 16.4. The van der Waals surface area contributed by atoms with E-state index in [0.717, 1.165) is 12.1 Å². The third kappa shape index (κ3) is 4.53. The number of benzene rings is 2. The van der Waals surface area contributed by atoms with Gasteiger partial charge in [0.1, 0.15) is 6.04 Å². The largest absolute Gasteiger partial charge is 0.478 e. The summed E-state index contributed by atoms with van der Waals surface area (Å²) in [7, 11) is 0. The summed E-state index contributed by atoms with van der Waals surface area (Å²) in [5, 5.41) is 12.0. The van der Waals surface area contributed by atoms with E-state index in [9.17, 15) is 19.5 Å². The average Bonchev–Trinajstić information content (AvgIpc) is 2.69. The number of aryl methyl sites for hydroxylation is 1. The third-order valence-electron chi connectivity index (χ3n) is 4.71. The number of nitrogens with one attached hydrogen (secondary N) is 1. The number of anilines is 1. The predicted molar refractivity (Wildman–Crippen MR) is 102 cm³/mol. The summed E-state index contributed by atoms with van der Waals surface area (Å²) in [5.74, 6) is -1.36. The zero-order chi connectivity index (χ0) is 19.2. The molecule has 0 saturated carbocycles. The molecule has 6 heteroatoms. The summed E-state index contributed by atoms with van der Waals surface area (Å²) in [6.45, 7) is 0.640. The summed E-state index contributed by atoms with van der Waals surface area (Å²) in [6, 6.07) is 15.5. The minimum absolute atomic E-state index is 0.105. The summed E-state index contributed by atoms with van der Waals surface area (Å²) < 4.78 is 0. The molecule has 0 spiro atoms. The van der Waals surface area contributed by atoms with Crippen LogP contribution in [0.2, 0.25) is 0 Å². The Morgan fingerprint density at radius 2 is 1.78 bits per heavy atom. The Kier molecular flexibility index (Phi) is 5.86. The van der Waals surface area contributed by atoms with E-state index in [4.69, 9.17) is 0 Å². The van der Waals surface area contributed by atoms with Crippen LogP contribution in [0.5, 0.6) is 0 Å². The summed E-state index contributed by atoms with van der Waals surface area (Å²) in [5.41, 5.74) is 1.65. The Hall–Kier alpha value is -3.15. The first-order valence-electron chi connectivity index (χ1n) is 9.03. The number of para-hydroxylation sites is 1. The molecule has 140 valence electrons. The van der Waals surface area contributed by atoms with E-state index in [-0.39, 0.29) is 23.8 Å². The minimum atomic E-state index is -1.01. The van der Waals surface area contributed by atoms with Gasteiger partial charge in [-0.05, 0) is 43.0 Å². The van der Waals surface area contributed by atoms with Crippen LogP contribution < -0.4 is 10.2 Å². The molecule has 2 aromatic carbocycles. The van der Waals surface area contributed by atoms with E-state index in [1.54, 1.807) is 23.1 Å². The fourth-order valence-electron chi connectivity index (χ4n) is 3.34. The second-order valence-electron chi connectivity index (χ2n) is 6.55. The van der Waals surface area contributed by atoms with Gasteiger partial charge in [0.2, 0.25) is 11.8 Å². The number of carboxylic acid groups (broad SMARTS) is 1. The Morgan fingerprint density at radius 1 is 1.07 bits per heavy atom. The molecule has 1 atom stereocenters. The molecule has 2 amide bonds. The van der Waals surface area contributed by atoms with Crippen LogP contribution in [0.1, 0.15) is 35.2 Å². The molecule has 1 unspecified atom stereocenters. The van der Waals surface area contributed by atoms with E-state index in [1.165, 1.54) is 6.07 Å². The normalized spacial score (nSPS) is 16.8. The Bertz CT molecular complexity index is 835. The van der Waals surface area contributed by atoms with Crippen molar-refractivity contribution in [1.82, 2.24) is 5.32 Å². The quantitative estimate of drug-likeness (QED) is 0.823. The maximum absolute atomic E-state index is 12.7. The average molecular weight is 366 g/mol. The molecule has 0 bridgehead atoms. The topological polar surface area (TPSA) is 86.7 Å². The van der Waals surface area contributed by atoms with Gasteiger partial charge in [0.05, 0.1) is 5.56 Å². The first-order chi connectivity index (χ1) is 13.1. The van der Waals surface area contributed by atoms with Gasteiger partial charge in [-0.25, -0.2) is 4.79 Å².